The minimum atomic E-state index is -0.933. The third-order valence-corrected chi connectivity index (χ3v) is 6.54. The van der Waals surface area contributed by atoms with Gasteiger partial charge in [0.15, 0.2) is 0 Å². The highest BCUT2D eigenvalue weighted by Crippen LogP contribution is 2.16. The Morgan fingerprint density at radius 1 is 0.787 bits per heavy atom. The van der Waals surface area contributed by atoms with Gasteiger partial charge in [-0.15, -0.1) is 0 Å². The van der Waals surface area contributed by atoms with E-state index in [2.05, 4.69) is 17.4 Å². The number of amides is 1. The lowest BCUT2D eigenvalue weighted by Gasteiger charge is -2.03. The van der Waals surface area contributed by atoms with Crippen molar-refractivity contribution in [3.63, 3.8) is 0 Å². The number of carboxylic acid groups (broad SMARTS) is 2. The van der Waals surface area contributed by atoms with E-state index in [9.17, 15) is 19.2 Å². The Balaban J connectivity index is 0.000000319. The molecular weight excluding hydrogens is 596 g/mol. The summed E-state index contributed by atoms with van der Waals surface area (Å²) >= 11 is 0. The summed E-state index contributed by atoms with van der Waals surface area (Å²) in [4.78, 5) is 42.2. The molecule has 0 saturated carbocycles. The second kappa shape index (κ2) is 24.3. The summed E-state index contributed by atoms with van der Waals surface area (Å²) in [6.45, 7) is 3.30. The fourth-order valence-electron chi connectivity index (χ4n) is 4.06. The van der Waals surface area contributed by atoms with Crippen LogP contribution in [-0.2, 0) is 27.2 Å². The SMILES string of the molecule is CCCC(=O)Nc1ccc(C=O)cc1.NCCCC[C@H](N)C(=O)O.NCCc1ccccc1.O=C(O)Cc1ccc2ccccc2c1. The molecule has 0 bridgehead atoms. The molecule has 10 nitrogen and oxygen atoms in total. The minimum absolute atomic E-state index is 0.00588. The van der Waals surface area contributed by atoms with Gasteiger partial charge in [-0.2, -0.15) is 0 Å². The molecule has 0 heterocycles. The van der Waals surface area contributed by atoms with E-state index in [0.29, 0.717) is 24.9 Å². The maximum atomic E-state index is 11.2. The molecule has 4 aromatic rings. The monoisotopic (exact) mass is 644 g/mol. The van der Waals surface area contributed by atoms with E-state index in [1.807, 2.05) is 67.6 Å². The number of rotatable bonds is 13. The predicted molar refractivity (Wildman–Crippen MR) is 188 cm³/mol. The van der Waals surface area contributed by atoms with Gasteiger partial charge < -0.3 is 32.7 Å². The lowest BCUT2D eigenvalue weighted by Crippen LogP contribution is -2.29. The molecule has 0 aromatic heterocycles. The summed E-state index contributed by atoms with van der Waals surface area (Å²) in [5.74, 6) is -1.72. The minimum Gasteiger partial charge on any atom is -0.481 e. The summed E-state index contributed by atoms with van der Waals surface area (Å²) in [6.07, 6.45) is 5.37. The van der Waals surface area contributed by atoms with Crippen LogP contribution in [0, 0.1) is 0 Å². The third kappa shape index (κ3) is 18.6. The van der Waals surface area contributed by atoms with Gasteiger partial charge in [0.25, 0.3) is 0 Å². The van der Waals surface area contributed by atoms with Crippen molar-refractivity contribution in [1.82, 2.24) is 0 Å². The molecule has 0 unspecified atom stereocenters. The third-order valence-electron chi connectivity index (χ3n) is 6.54. The molecule has 4 aromatic carbocycles. The van der Waals surface area contributed by atoms with Crippen LogP contribution < -0.4 is 22.5 Å². The number of benzene rings is 4. The maximum Gasteiger partial charge on any atom is 0.320 e. The van der Waals surface area contributed by atoms with Crippen LogP contribution in [0.4, 0.5) is 5.69 Å². The molecule has 4 rings (SSSR count). The zero-order valence-corrected chi connectivity index (χ0v) is 27.0. The molecule has 0 aliphatic heterocycles. The largest absolute Gasteiger partial charge is 0.481 e. The van der Waals surface area contributed by atoms with E-state index in [4.69, 9.17) is 27.4 Å². The zero-order valence-electron chi connectivity index (χ0n) is 27.0. The average Bonchev–Trinajstić information content (AvgIpc) is 3.06. The molecule has 0 spiro atoms. The number of hydrogen-bond donors (Lipinski definition) is 6. The number of aliphatic carboxylic acids is 2. The van der Waals surface area contributed by atoms with Crippen LogP contribution in [0.25, 0.3) is 10.8 Å². The topological polar surface area (TPSA) is 199 Å². The van der Waals surface area contributed by atoms with Gasteiger partial charge in [0.05, 0.1) is 6.42 Å². The second-order valence-electron chi connectivity index (χ2n) is 10.5. The van der Waals surface area contributed by atoms with Crippen LogP contribution in [-0.4, -0.2) is 53.5 Å². The fourth-order valence-corrected chi connectivity index (χ4v) is 4.06. The number of carboxylic acids is 2. The first-order valence-electron chi connectivity index (χ1n) is 15.6. The number of carbonyl (C=O) groups excluding carboxylic acids is 2. The summed E-state index contributed by atoms with van der Waals surface area (Å²) in [5.41, 5.74) is 19.3. The highest BCUT2D eigenvalue weighted by Gasteiger charge is 2.09. The van der Waals surface area contributed by atoms with Gasteiger partial charge in [-0.05, 0) is 84.9 Å². The number of nitrogens with two attached hydrogens (primary N) is 3. The Morgan fingerprint density at radius 2 is 1.43 bits per heavy atom. The fraction of sp³-hybridized carbons (Fsp3) is 0.297. The predicted octanol–water partition coefficient (Wildman–Crippen LogP) is 5.42. The number of aldehydes is 1. The second-order valence-corrected chi connectivity index (χ2v) is 10.5. The van der Waals surface area contributed by atoms with Gasteiger partial charge in [-0.3, -0.25) is 19.2 Å². The normalized spacial score (nSPS) is 10.5. The molecule has 1 amide bonds. The Kier molecular flexibility index (Phi) is 20.8. The summed E-state index contributed by atoms with van der Waals surface area (Å²) in [7, 11) is 0. The first kappa shape index (κ1) is 40.1. The number of nitrogens with one attached hydrogen (secondary N) is 1. The number of hydrogen-bond acceptors (Lipinski definition) is 7. The van der Waals surface area contributed by atoms with Crippen molar-refractivity contribution < 1.29 is 29.4 Å². The van der Waals surface area contributed by atoms with Crippen molar-refractivity contribution in [1.29, 1.82) is 0 Å². The highest BCUT2D eigenvalue weighted by molar-refractivity contribution is 5.91. The Bertz CT molecular complexity index is 1480. The number of carbonyl (C=O) groups is 4. The van der Waals surface area contributed by atoms with Gasteiger partial charge in [-0.25, -0.2) is 0 Å². The van der Waals surface area contributed by atoms with E-state index in [0.717, 1.165) is 60.5 Å². The quantitative estimate of drug-likeness (QED) is 0.0812. The summed E-state index contributed by atoms with van der Waals surface area (Å²) < 4.78 is 0. The van der Waals surface area contributed by atoms with Gasteiger partial charge in [0.1, 0.15) is 12.3 Å². The molecule has 47 heavy (non-hydrogen) atoms. The van der Waals surface area contributed by atoms with Gasteiger partial charge in [-0.1, -0.05) is 86.1 Å². The molecule has 10 heteroatoms. The molecule has 0 saturated heterocycles. The van der Waals surface area contributed by atoms with Crippen LogP contribution in [0.3, 0.4) is 0 Å². The molecule has 0 fully saturated rings. The van der Waals surface area contributed by atoms with Crippen LogP contribution in [0.1, 0.15) is 60.5 Å². The first-order chi connectivity index (χ1) is 22.6. The Labute approximate surface area is 277 Å². The maximum absolute atomic E-state index is 11.2. The first-order valence-corrected chi connectivity index (χ1v) is 15.6. The van der Waals surface area contributed by atoms with E-state index >= 15 is 0 Å². The molecule has 9 N–H and O–H groups in total. The number of anilines is 1. The zero-order chi connectivity index (χ0) is 34.9. The molecular formula is C37H48N4O6. The molecule has 0 radical (unpaired) electrons. The van der Waals surface area contributed by atoms with Crippen molar-refractivity contribution in [2.75, 3.05) is 18.4 Å². The van der Waals surface area contributed by atoms with Crippen LogP contribution >= 0.6 is 0 Å². The van der Waals surface area contributed by atoms with Gasteiger partial charge >= 0.3 is 11.9 Å². The average molecular weight is 645 g/mol. The van der Waals surface area contributed by atoms with Crippen LogP contribution in [0.5, 0.6) is 0 Å². The Hall–Kier alpha value is -4.90. The van der Waals surface area contributed by atoms with Crippen molar-refractivity contribution in [3.8, 4) is 0 Å². The van der Waals surface area contributed by atoms with Gasteiger partial charge in [0, 0.05) is 17.7 Å². The number of unbranched alkanes of at least 4 members (excludes halogenated alkanes) is 1. The standard InChI is InChI=1S/C12H10O2.C11H13NO2.C8H11N.C6H14N2O2/c13-12(14)8-9-5-6-10-3-1-2-4-11(10)7-9;1-2-3-11(14)12-10-6-4-9(8-13)5-7-10;9-7-6-8-4-2-1-3-5-8;7-4-2-1-3-5(8)6(9)10/h1-7H,8H2,(H,13,14);4-8H,2-3H2,1H3,(H,12,14);1-5H,6-7,9H2;5H,1-4,7-8H2,(H,9,10)/t;;;5-/m...0/s1. The molecule has 0 aliphatic rings. The van der Waals surface area contributed by atoms with Crippen molar-refractivity contribution in [2.45, 2.75) is 57.9 Å². The van der Waals surface area contributed by atoms with Gasteiger partial charge in [0.2, 0.25) is 5.91 Å². The van der Waals surface area contributed by atoms with Crippen LogP contribution in [0.2, 0.25) is 0 Å². The molecule has 0 aliphatic carbocycles. The number of fused-ring (bicyclic) bond motifs is 1. The van der Waals surface area contributed by atoms with E-state index in [1.165, 1.54) is 5.56 Å². The summed E-state index contributed by atoms with van der Waals surface area (Å²) in [6, 6.07) is 30.0. The van der Waals surface area contributed by atoms with Crippen molar-refractivity contribution in [2.24, 2.45) is 17.2 Å². The summed E-state index contributed by atoms with van der Waals surface area (Å²) in [5, 5.41) is 21.9. The van der Waals surface area contributed by atoms with Crippen molar-refractivity contribution >= 4 is 40.6 Å². The lowest BCUT2D eigenvalue weighted by molar-refractivity contribution is -0.139. The van der Waals surface area contributed by atoms with E-state index < -0.39 is 18.0 Å². The highest BCUT2D eigenvalue weighted by atomic mass is 16.4. The van der Waals surface area contributed by atoms with E-state index in [-0.39, 0.29) is 12.3 Å². The Morgan fingerprint density at radius 3 is 1.98 bits per heavy atom. The molecule has 1 atom stereocenters. The lowest BCUT2D eigenvalue weighted by atomic mass is 10.1. The molecule has 252 valence electrons. The van der Waals surface area contributed by atoms with Crippen LogP contribution in [0.15, 0.2) is 97.1 Å². The smallest absolute Gasteiger partial charge is 0.320 e. The van der Waals surface area contributed by atoms with E-state index in [1.54, 1.807) is 24.3 Å². The van der Waals surface area contributed by atoms with Crippen molar-refractivity contribution in [3.05, 3.63) is 114 Å².